The topological polar surface area (TPSA) is 49.6 Å². The van der Waals surface area contributed by atoms with Crippen LogP contribution < -0.4 is 4.90 Å². The molecule has 3 heterocycles. The van der Waals surface area contributed by atoms with Gasteiger partial charge >= 0.3 is 6.18 Å². The van der Waals surface area contributed by atoms with Crippen LogP contribution in [0.25, 0.3) is 5.65 Å². The van der Waals surface area contributed by atoms with Crippen LogP contribution in [0.5, 0.6) is 0 Å². The lowest BCUT2D eigenvalue weighted by Gasteiger charge is -2.34. The summed E-state index contributed by atoms with van der Waals surface area (Å²) in [6.45, 7) is 3.81. The molecule has 0 amide bonds. The molecule has 0 bridgehead atoms. The smallest absolute Gasteiger partial charge is 0.353 e. The zero-order valence-electron chi connectivity index (χ0n) is 12.3. The molecule has 2 aromatic rings. The lowest BCUT2D eigenvalue weighted by molar-refractivity contribution is -0.146. The Balaban J connectivity index is 1.78. The van der Waals surface area contributed by atoms with Crippen LogP contribution in [0, 0.1) is 12.3 Å². The molecule has 1 saturated heterocycles. The fourth-order valence-corrected chi connectivity index (χ4v) is 2.55. The Morgan fingerprint density at radius 1 is 1.13 bits per heavy atom. The van der Waals surface area contributed by atoms with Crippen molar-refractivity contribution in [2.24, 2.45) is 0 Å². The van der Waals surface area contributed by atoms with E-state index < -0.39 is 12.0 Å². The molecule has 1 aliphatic heterocycles. The van der Waals surface area contributed by atoms with Crippen LogP contribution in [-0.2, 0) is 6.18 Å². The van der Waals surface area contributed by atoms with E-state index >= 15 is 0 Å². The van der Waals surface area contributed by atoms with E-state index in [-0.39, 0.29) is 5.65 Å². The Labute approximate surface area is 130 Å². The Morgan fingerprint density at radius 2 is 1.87 bits per heavy atom. The van der Waals surface area contributed by atoms with Gasteiger partial charge in [0.1, 0.15) is 5.82 Å². The average molecular weight is 324 g/mol. The van der Waals surface area contributed by atoms with Gasteiger partial charge < -0.3 is 4.90 Å². The fourth-order valence-electron chi connectivity index (χ4n) is 2.55. The number of hydrogen-bond donors (Lipinski definition) is 0. The van der Waals surface area contributed by atoms with Gasteiger partial charge in [0.25, 0.3) is 5.82 Å². The van der Waals surface area contributed by atoms with Gasteiger partial charge in [-0.25, -0.2) is 0 Å². The van der Waals surface area contributed by atoms with Crippen LogP contribution in [0.1, 0.15) is 12.2 Å². The van der Waals surface area contributed by atoms with E-state index in [9.17, 15) is 13.2 Å². The molecule has 0 atom stereocenters. The number of anilines is 1. The Bertz CT molecular complexity index is 724. The van der Waals surface area contributed by atoms with Crippen LogP contribution >= 0.6 is 0 Å². The van der Waals surface area contributed by atoms with E-state index in [0.29, 0.717) is 25.3 Å². The van der Waals surface area contributed by atoms with Gasteiger partial charge in [-0.15, -0.1) is 27.6 Å². The maximum atomic E-state index is 12.9. The highest BCUT2D eigenvalue weighted by atomic mass is 19.4. The summed E-state index contributed by atoms with van der Waals surface area (Å²) in [6.07, 6.45) is 1.36. The monoisotopic (exact) mass is 324 g/mol. The molecule has 1 aliphatic rings. The van der Waals surface area contributed by atoms with Crippen molar-refractivity contribution in [3.8, 4) is 12.3 Å². The second-order valence-electron chi connectivity index (χ2n) is 5.27. The van der Waals surface area contributed by atoms with Gasteiger partial charge in [-0.2, -0.15) is 17.7 Å². The first-order valence-electron chi connectivity index (χ1n) is 7.19. The highest BCUT2D eigenvalue weighted by molar-refractivity contribution is 5.46. The van der Waals surface area contributed by atoms with Gasteiger partial charge in [0.05, 0.1) is 0 Å². The number of terminal acetylenes is 1. The summed E-state index contributed by atoms with van der Waals surface area (Å²) in [5, 5.41) is 10.7. The maximum absolute atomic E-state index is 12.9. The van der Waals surface area contributed by atoms with Gasteiger partial charge in [-0.3, -0.25) is 4.90 Å². The Kier molecular flexibility index (Phi) is 4.09. The van der Waals surface area contributed by atoms with E-state index in [1.165, 1.54) is 6.07 Å². The summed E-state index contributed by atoms with van der Waals surface area (Å²) in [5.74, 6) is 1.98. The summed E-state index contributed by atoms with van der Waals surface area (Å²) in [7, 11) is 0. The predicted molar refractivity (Wildman–Crippen MR) is 77.9 cm³/mol. The summed E-state index contributed by atoms with van der Waals surface area (Å²) < 4.78 is 39.4. The molecule has 0 aromatic carbocycles. The molecule has 122 valence electrons. The van der Waals surface area contributed by atoms with Gasteiger partial charge in [0.2, 0.25) is 0 Å². The molecular weight excluding hydrogens is 309 g/mol. The number of piperazine rings is 1. The van der Waals surface area contributed by atoms with Crippen LogP contribution in [0.15, 0.2) is 12.1 Å². The van der Waals surface area contributed by atoms with Crippen molar-refractivity contribution in [1.29, 1.82) is 0 Å². The molecule has 0 spiro atoms. The number of nitrogens with zero attached hydrogens (tertiary/aromatic N) is 6. The lowest BCUT2D eigenvalue weighted by Crippen LogP contribution is -2.47. The molecule has 23 heavy (non-hydrogen) atoms. The van der Waals surface area contributed by atoms with Crippen molar-refractivity contribution < 1.29 is 13.2 Å². The van der Waals surface area contributed by atoms with Gasteiger partial charge in [0.15, 0.2) is 5.65 Å². The molecule has 3 rings (SSSR count). The molecule has 0 saturated carbocycles. The summed E-state index contributed by atoms with van der Waals surface area (Å²) in [6, 6.07) is 3.16. The number of rotatable bonds is 3. The molecule has 0 N–H and O–H groups in total. The normalized spacial score (nSPS) is 16.7. The number of fused-ring (bicyclic) bond motifs is 1. The first-order chi connectivity index (χ1) is 11.0. The molecule has 0 unspecified atom stereocenters. The van der Waals surface area contributed by atoms with Crippen molar-refractivity contribution in [3.63, 3.8) is 0 Å². The molecular formula is C14H15F3N6. The summed E-state index contributed by atoms with van der Waals surface area (Å²) in [4.78, 5) is 4.18. The predicted octanol–water partition coefficient (Wildman–Crippen LogP) is 1.29. The first-order valence-corrected chi connectivity index (χ1v) is 7.19. The zero-order valence-corrected chi connectivity index (χ0v) is 12.3. The molecule has 9 heteroatoms. The second kappa shape index (κ2) is 6.04. The van der Waals surface area contributed by atoms with Crippen LogP contribution in [0.3, 0.4) is 0 Å². The van der Waals surface area contributed by atoms with E-state index in [2.05, 4.69) is 26.1 Å². The van der Waals surface area contributed by atoms with Gasteiger partial charge in [-0.05, 0) is 12.1 Å². The number of hydrogen-bond acceptors (Lipinski definition) is 5. The van der Waals surface area contributed by atoms with Crippen LogP contribution in [-0.4, -0.2) is 57.4 Å². The first kappa shape index (κ1) is 15.6. The average Bonchev–Trinajstić information content (AvgIpc) is 2.96. The number of halogens is 3. The Hall–Kier alpha value is -2.34. The van der Waals surface area contributed by atoms with Crippen molar-refractivity contribution in [1.82, 2.24) is 24.7 Å². The van der Waals surface area contributed by atoms with E-state index in [4.69, 9.17) is 6.42 Å². The van der Waals surface area contributed by atoms with Gasteiger partial charge in [-0.1, -0.05) is 0 Å². The van der Waals surface area contributed by atoms with E-state index in [1.807, 2.05) is 4.90 Å². The second-order valence-corrected chi connectivity index (χ2v) is 5.27. The molecule has 0 aliphatic carbocycles. The third-order valence-corrected chi connectivity index (χ3v) is 3.77. The highest BCUT2D eigenvalue weighted by Crippen LogP contribution is 2.28. The largest absolute Gasteiger partial charge is 0.453 e. The summed E-state index contributed by atoms with van der Waals surface area (Å²) >= 11 is 0. The van der Waals surface area contributed by atoms with Crippen molar-refractivity contribution in [3.05, 3.63) is 18.0 Å². The van der Waals surface area contributed by atoms with Gasteiger partial charge in [0, 0.05) is 39.1 Å². The van der Waals surface area contributed by atoms with Crippen molar-refractivity contribution in [2.75, 3.05) is 37.6 Å². The minimum atomic E-state index is -4.58. The minimum Gasteiger partial charge on any atom is -0.353 e. The van der Waals surface area contributed by atoms with Crippen molar-refractivity contribution in [2.45, 2.75) is 12.6 Å². The number of alkyl halides is 3. The zero-order chi connectivity index (χ0) is 16.4. The van der Waals surface area contributed by atoms with Crippen LogP contribution in [0.2, 0.25) is 0 Å². The third kappa shape index (κ3) is 3.22. The molecule has 1 fully saturated rings. The molecule has 6 nitrogen and oxygen atoms in total. The quantitative estimate of drug-likeness (QED) is 0.796. The molecule has 2 aromatic heterocycles. The minimum absolute atomic E-state index is 0.0775. The summed E-state index contributed by atoms with van der Waals surface area (Å²) in [5.41, 5.74) is 0.0775. The number of aromatic nitrogens is 4. The fraction of sp³-hybridized carbons (Fsp3) is 0.500. The van der Waals surface area contributed by atoms with E-state index in [1.54, 1.807) is 6.07 Å². The lowest BCUT2D eigenvalue weighted by atomic mass is 10.3. The SMILES string of the molecule is C#CCCN1CCN(c2ccc3nnc(C(F)(F)F)n3n2)CC1. The third-order valence-electron chi connectivity index (χ3n) is 3.77. The maximum Gasteiger partial charge on any atom is 0.453 e. The van der Waals surface area contributed by atoms with Crippen LogP contribution in [0.4, 0.5) is 19.0 Å². The standard InChI is InChI=1S/C14H15F3N6/c1-2-3-6-21-7-9-22(10-8-21)12-5-4-11-18-19-13(14(15,16)17)23(11)20-12/h1,4-5H,3,6-10H2. The highest BCUT2D eigenvalue weighted by Gasteiger charge is 2.37. The molecule has 0 radical (unpaired) electrons. The van der Waals surface area contributed by atoms with E-state index in [0.717, 1.165) is 24.1 Å². The Morgan fingerprint density at radius 3 is 2.52 bits per heavy atom. The van der Waals surface area contributed by atoms with Crippen molar-refractivity contribution >= 4 is 11.5 Å².